The summed E-state index contributed by atoms with van der Waals surface area (Å²) in [7, 11) is 0. The molecule has 0 aromatic heterocycles. The maximum atomic E-state index is 12.8. The van der Waals surface area contributed by atoms with Crippen molar-refractivity contribution in [3.05, 3.63) is 41.7 Å². The standard InChI is InChI=1S/C19H21F3N6O/c1-13-11-23-17-10-16(24-12-28(13)17)26-5-7-27(8-6-26)18(29)25-15-4-2-3-14(9-15)19(20,21)22/h2-4,9-10,12-13H,5-8,11H2,1H3,(H,25,29)/t13-/m1/s1. The lowest BCUT2D eigenvalue weighted by Gasteiger charge is -2.37. The number of halogens is 3. The summed E-state index contributed by atoms with van der Waals surface area (Å²) >= 11 is 0. The van der Waals surface area contributed by atoms with Gasteiger partial charge in [-0.3, -0.25) is 4.99 Å². The van der Waals surface area contributed by atoms with Gasteiger partial charge >= 0.3 is 12.2 Å². The molecule has 0 saturated carbocycles. The largest absolute Gasteiger partial charge is 0.416 e. The minimum absolute atomic E-state index is 0.125. The molecular weight excluding hydrogens is 385 g/mol. The molecule has 1 saturated heterocycles. The molecular formula is C19H21F3N6O. The third-order valence-electron chi connectivity index (χ3n) is 5.16. The van der Waals surface area contributed by atoms with Crippen molar-refractivity contribution in [1.82, 2.24) is 14.7 Å². The van der Waals surface area contributed by atoms with Crippen molar-refractivity contribution in [2.75, 3.05) is 38.0 Å². The molecule has 10 heteroatoms. The number of hydrogen-bond donors (Lipinski definition) is 1. The number of amidine groups is 1. The van der Waals surface area contributed by atoms with Crippen LogP contribution >= 0.6 is 0 Å². The molecule has 3 aliphatic rings. The van der Waals surface area contributed by atoms with Crippen LogP contribution in [0.2, 0.25) is 0 Å². The van der Waals surface area contributed by atoms with Crippen molar-refractivity contribution in [3.63, 3.8) is 0 Å². The highest BCUT2D eigenvalue weighted by atomic mass is 19.4. The molecule has 0 bridgehead atoms. The van der Waals surface area contributed by atoms with E-state index in [2.05, 4.69) is 27.1 Å². The number of urea groups is 1. The molecule has 3 aliphatic heterocycles. The number of alkyl halides is 3. The van der Waals surface area contributed by atoms with Gasteiger partial charge in [0, 0.05) is 37.9 Å². The van der Waals surface area contributed by atoms with Crippen LogP contribution in [0.15, 0.2) is 46.1 Å². The van der Waals surface area contributed by atoms with Gasteiger partial charge in [-0.2, -0.15) is 13.2 Å². The topological polar surface area (TPSA) is 63.5 Å². The number of hydrogen-bond acceptors (Lipinski definition) is 5. The molecule has 0 spiro atoms. The number of nitrogens with zero attached hydrogens (tertiary/aromatic N) is 5. The van der Waals surface area contributed by atoms with E-state index in [9.17, 15) is 18.0 Å². The predicted octanol–water partition coefficient (Wildman–Crippen LogP) is 2.84. The second-order valence-corrected chi connectivity index (χ2v) is 7.19. The zero-order chi connectivity index (χ0) is 20.6. The summed E-state index contributed by atoms with van der Waals surface area (Å²) in [5, 5.41) is 2.55. The van der Waals surface area contributed by atoms with E-state index in [4.69, 9.17) is 0 Å². The first-order chi connectivity index (χ1) is 13.8. The fourth-order valence-corrected chi connectivity index (χ4v) is 3.48. The summed E-state index contributed by atoms with van der Waals surface area (Å²) in [6.07, 6.45) is -0.710. The Balaban J connectivity index is 1.34. The SMILES string of the molecule is C[C@@H]1CN=C2C=C(N3CCN(C(=O)Nc4cccc(C(F)(F)F)c4)CC3)N=CN21. The normalized spacial score (nSPS) is 21.7. The van der Waals surface area contributed by atoms with Gasteiger partial charge in [-0.15, -0.1) is 0 Å². The lowest BCUT2D eigenvalue weighted by atomic mass is 10.2. The van der Waals surface area contributed by atoms with Crippen molar-refractivity contribution in [1.29, 1.82) is 0 Å². The summed E-state index contributed by atoms with van der Waals surface area (Å²) in [4.78, 5) is 27.1. The maximum absolute atomic E-state index is 12.8. The fraction of sp³-hybridized carbons (Fsp3) is 0.421. The molecule has 3 heterocycles. The second kappa shape index (κ2) is 7.41. The number of carbonyl (C=O) groups excluding carboxylic acids is 1. The Labute approximate surface area is 166 Å². The Hall–Kier alpha value is -3.04. The van der Waals surface area contributed by atoms with E-state index in [-0.39, 0.29) is 5.69 Å². The highest BCUT2D eigenvalue weighted by Crippen LogP contribution is 2.30. The number of benzene rings is 1. The van der Waals surface area contributed by atoms with Crippen LogP contribution in [0.3, 0.4) is 0 Å². The van der Waals surface area contributed by atoms with E-state index in [0.29, 0.717) is 32.2 Å². The zero-order valence-electron chi connectivity index (χ0n) is 15.9. The molecule has 154 valence electrons. The molecule has 2 amide bonds. The van der Waals surface area contributed by atoms with Crippen molar-refractivity contribution in [2.45, 2.75) is 19.1 Å². The average Bonchev–Trinajstić information content (AvgIpc) is 3.08. The van der Waals surface area contributed by atoms with Gasteiger partial charge in [0.1, 0.15) is 11.7 Å². The van der Waals surface area contributed by atoms with Crippen LogP contribution < -0.4 is 5.32 Å². The van der Waals surface area contributed by atoms with Gasteiger partial charge in [0.25, 0.3) is 0 Å². The molecule has 4 rings (SSSR count). The van der Waals surface area contributed by atoms with Crippen molar-refractivity contribution >= 4 is 23.9 Å². The molecule has 1 aromatic carbocycles. The average molecular weight is 406 g/mol. The quantitative estimate of drug-likeness (QED) is 0.822. The summed E-state index contributed by atoms with van der Waals surface area (Å²) in [6.45, 7) is 4.90. The summed E-state index contributed by atoms with van der Waals surface area (Å²) in [5.41, 5.74) is -0.666. The van der Waals surface area contributed by atoms with Crippen molar-refractivity contribution in [2.24, 2.45) is 9.98 Å². The van der Waals surface area contributed by atoms with Crippen LogP contribution in [0, 0.1) is 0 Å². The van der Waals surface area contributed by atoms with Gasteiger partial charge in [0.2, 0.25) is 0 Å². The van der Waals surface area contributed by atoms with E-state index in [0.717, 1.165) is 30.3 Å². The minimum atomic E-state index is -4.45. The van der Waals surface area contributed by atoms with E-state index in [1.165, 1.54) is 12.1 Å². The molecule has 29 heavy (non-hydrogen) atoms. The third kappa shape index (κ3) is 4.06. The highest BCUT2D eigenvalue weighted by molar-refractivity contribution is 6.03. The van der Waals surface area contributed by atoms with E-state index in [1.54, 1.807) is 11.2 Å². The van der Waals surface area contributed by atoms with Crippen molar-refractivity contribution in [3.8, 4) is 0 Å². The summed E-state index contributed by atoms with van der Waals surface area (Å²) < 4.78 is 38.5. The van der Waals surface area contributed by atoms with Crippen LogP contribution in [-0.4, -0.2) is 71.7 Å². The van der Waals surface area contributed by atoms with Gasteiger partial charge in [0.05, 0.1) is 24.5 Å². The third-order valence-corrected chi connectivity index (χ3v) is 5.16. The number of nitrogens with one attached hydrogen (secondary N) is 1. The molecule has 0 radical (unpaired) electrons. The molecule has 1 fully saturated rings. The van der Waals surface area contributed by atoms with Gasteiger partial charge in [-0.05, 0) is 25.1 Å². The molecule has 1 aromatic rings. The van der Waals surface area contributed by atoms with Gasteiger partial charge in [0.15, 0.2) is 0 Å². The van der Waals surface area contributed by atoms with Gasteiger partial charge in [-0.25, -0.2) is 9.79 Å². The Bertz CT molecular complexity index is 886. The summed E-state index contributed by atoms with van der Waals surface area (Å²) in [5.74, 6) is 1.71. The fourth-order valence-electron chi connectivity index (χ4n) is 3.48. The number of fused-ring (bicyclic) bond motifs is 1. The number of rotatable bonds is 2. The molecule has 0 unspecified atom stereocenters. The van der Waals surface area contributed by atoms with Crippen LogP contribution in [0.25, 0.3) is 0 Å². The first kappa shape index (κ1) is 19.3. The smallest absolute Gasteiger partial charge is 0.353 e. The minimum Gasteiger partial charge on any atom is -0.353 e. The number of anilines is 1. The predicted molar refractivity (Wildman–Crippen MR) is 104 cm³/mol. The second-order valence-electron chi connectivity index (χ2n) is 7.19. The van der Waals surface area contributed by atoms with E-state index < -0.39 is 17.8 Å². The lowest BCUT2D eigenvalue weighted by molar-refractivity contribution is -0.137. The van der Waals surface area contributed by atoms with Crippen LogP contribution in [-0.2, 0) is 6.18 Å². The molecule has 0 aliphatic carbocycles. The zero-order valence-corrected chi connectivity index (χ0v) is 15.9. The molecule has 1 atom stereocenters. The number of carbonyl (C=O) groups is 1. The first-order valence-electron chi connectivity index (χ1n) is 9.38. The van der Waals surface area contributed by atoms with Crippen LogP contribution in [0.5, 0.6) is 0 Å². The molecule has 7 nitrogen and oxygen atoms in total. The number of amides is 2. The Morgan fingerprint density at radius 3 is 2.69 bits per heavy atom. The monoisotopic (exact) mass is 406 g/mol. The van der Waals surface area contributed by atoms with E-state index >= 15 is 0 Å². The van der Waals surface area contributed by atoms with Crippen LogP contribution in [0.1, 0.15) is 12.5 Å². The molecule has 1 N–H and O–H groups in total. The Kier molecular flexibility index (Phi) is 4.93. The van der Waals surface area contributed by atoms with Crippen molar-refractivity contribution < 1.29 is 18.0 Å². The number of piperazine rings is 1. The summed E-state index contributed by atoms with van der Waals surface area (Å²) in [6, 6.07) is 4.53. The number of aliphatic imine (C=N–C) groups is 2. The Morgan fingerprint density at radius 1 is 1.21 bits per heavy atom. The lowest BCUT2D eigenvalue weighted by Crippen LogP contribution is -2.50. The van der Waals surface area contributed by atoms with Crippen LogP contribution in [0.4, 0.5) is 23.7 Å². The van der Waals surface area contributed by atoms with Gasteiger partial charge in [-0.1, -0.05) is 6.07 Å². The maximum Gasteiger partial charge on any atom is 0.416 e. The highest BCUT2D eigenvalue weighted by Gasteiger charge is 2.31. The van der Waals surface area contributed by atoms with Gasteiger partial charge < -0.3 is 20.0 Å². The first-order valence-corrected chi connectivity index (χ1v) is 9.38. The Morgan fingerprint density at radius 2 is 1.97 bits per heavy atom. The van der Waals surface area contributed by atoms with E-state index in [1.807, 2.05) is 11.0 Å².